The van der Waals surface area contributed by atoms with Crippen LogP contribution in [-0.4, -0.2) is 41.6 Å². The van der Waals surface area contributed by atoms with Gasteiger partial charge in [0.2, 0.25) is 0 Å². The van der Waals surface area contributed by atoms with Crippen LogP contribution in [0.3, 0.4) is 0 Å². The number of esters is 1. The lowest BCUT2D eigenvalue weighted by molar-refractivity contribution is -0.142. The van der Waals surface area contributed by atoms with Gasteiger partial charge in [-0.15, -0.1) is 11.3 Å². The van der Waals surface area contributed by atoms with Crippen molar-refractivity contribution in [2.45, 2.75) is 25.9 Å². The van der Waals surface area contributed by atoms with E-state index in [1.807, 2.05) is 4.90 Å². The number of anilines is 1. The number of hydrogen-bond acceptors (Lipinski definition) is 6. The van der Waals surface area contributed by atoms with Gasteiger partial charge in [0.25, 0.3) is 0 Å². The van der Waals surface area contributed by atoms with Crippen molar-refractivity contribution >= 4 is 28.3 Å². The standard InChI is InChI=1S/C12H16N2O4S/c1-6(11(15)16)14-4-3-7-8(5-14)19-10(13)9(7)12(17)18-2/h6H,3-5,13H2,1-2H3,(H,15,16). The topological polar surface area (TPSA) is 92.9 Å². The van der Waals surface area contributed by atoms with E-state index >= 15 is 0 Å². The second-order valence-electron chi connectivity index (χ2n) is 4.47. The Labute approximate surface area is 114 Å². The van der Waals surface area contributed by atoms with Gasteiger partial charge >= 0.3 is 11.9 Å². The molecule has 2 rings (SSSR count). The Kier molecular flexibility index (Phi) is 3.77. The van der Waals surface area contributed by atoms with Gasteiger partial charge in [-0.2, -0.15) is 0 Å². The number of thiophene rings is 1. The van der Waals surface area contributed by atoms with Crippen LogP contribution in [0.25, 0.3) is 0 Å². The number of nitrogen functional groups attached to an aromatic ring is 1. The Morgan fingerprint density at radius 3 is 2.79 bits per heavy atom. The highest BCUT2D eigenvalue weighted by molar-refractivity contribution is 7.16. The van der Waals surface area contributed by atoms with Crippen LogP contribution in [0.4, 0.5) is 5.00 Å². The molecule has 0 bridgehead atoms. The molecular formula is C12H16N2O4S. The highest BCUT2D eigenvalue weighted by Crippen LogP contribution is 2.35. The van der Waals surface area contributed by atoms with Crippen LogP contribution >= 0.6 is 11.3 Å². The normalized spacial score (nSPS) is 16.7. The highest BCUT2D eigenvalue weighted by atomic mass is 32.1. The van der Waals surface area contributed by atoms with Gasteiger partial charge in [0.15, 0.2) is 0 Å². The number of fused-ring (bicyclic) bond motifs is 1. The summed E-state index contributed by atoms with van der Waals surface area (Å²) in [6, 6.07) is -0.543. The Hall–Kier alpha value is -1.60. The second-order valence-corrected chi connectivity index (χ2v) is 5.61. The zero-order valence-corrected chi connectivity index (χ0v) is 11.6. The predicted octanol–water partition coefficient (Wildman–Crippen LogP) is 0.948. The molecule has 0 aliphatic carbocycles. The van der Waals surface area contributed by atoms with Gasteiger partial charge in [0.1, 0.15) is 11.0 Å². The summed E-state index contributed by atoms with van der Waals surface area (Å²) in [5.74, 6) is -1.27. The molecule has 19 heavy (non-hydrogen) atoms. The first-order valence-electron chi connectivity index (χ1n) is 5.90. The molecule has 0 radical (unpaired) electrons. The molecule has 0 fully saturated rings. The zero-order valence-electron chi connectivity index (χ0n) is 10.8. The average molecular weight is 284 g/mol. The van der Waals surface area contributed by atoms with E-state index in [0.717, 1.165) is 10.4 Å². The second kappa shape index (κ2) is 5.18. The fourth-order valence-electron chi connectivity index (χ4n) is 2.26. The van der Waals surface area contributed by atoms with Crippen molar-refractivity contribution < 1.29 is 19.4 Å². The first kappa shape index (κ1) is 13.8. The molecule has 1 atom stereocenters. The molecule has 1 aromatic heterocycles. The van der Waals surface area contributed by atoms with Gasteiger partial charge < -0.3 is 15.6 Å². The first-order chi connectivity index (χ1) is 8.95. The van der Waals surface area contributed by atoms with Crippen molar-refractivity contribution in [1.29, 1.82) is 0 Å². The van der Waals surface area contributed by atoms with E-state index in [9.17, 15) is 9.59 Å². The molecule has 1 aliphatic heterocycles. The molecule has 0 spiro atoms. The van der Waals surface area contributed by atoms with Crippen molar-refractivity contribution in [2.24, 2.45) is 0 Å². The minimum Gasteiger partial charge on any atom is -0.480 e. The van der Waals surface area contributed by atoms with E-state index in [2.05, 4.69) is 0 Å². The van der Waals surface area contributed by atoms with Crippen molar-refractivity contribution in [3.63, 3.8) is 0 Å². The molecule has 0 saturated carbocycles. The monoisotopic (exact) mass is 284 g/mol. The third kappa shape index (κ3) is 2.43. The molecule has 1 aromatic rings. The largest absolute Gasteiger partial charge is 0.480 e. The van der Waals surface area contributed by atoms with Crippen LogP contribution in [-0.2, 0) is 22.5 Å². The summed E-state index contributed by atoms with van der Waals surface area (Å²) in [5, 5.41) is 9.48. The van der Waals surface area contributed by atoms with E-state index in [4.69, 9.17) is 15.6 Å². The number of rotatable bonds is 3. The maximum Gasteiger partial charge on any atom is 0.341 e. The number of aliphatic carboxylic acids is 1. The number of methoxy groups -OCH3 is 1. The third-order valence-corrected chi connectivity index (χ3v) is 4.45. The minimum absolute atomic E-state index is 0.422. The first-order valence-corrected chi connectivity index (χ1v) is 6.72. The summed E-state index contributed by atoms with van der Waals surface area (Å²) in [7, 11) is 1.33. The molecule has 0 aromatic carbocycles. The van der Waals surface area contributed by atoms with Gasteiger partial charge in [0.05, 0.1) is 12.7 Å². The van der Waals surface area contributed by atoms with E-state index in [1.165, 1.54) is 18.4 Å². The lowest BCUT2D eigenvalue weighted by atomic mass is 10.0. The summed E-state index contributed by atoms with van der Waals surface area (Å²) in [4.78, 5) is 25.5. The van der Waals surface area contributed by atoms with Crippen molar-refractivity contribution in [1.82, 2.24) is 4.90 Å². The summed E-state index contributed by atoms with van der Waals surface area (Å²) in [5.41, 5.74) is 7.22. The van der Waals surface area contributed by atoms with Crippen LogP contribution in [0.5, 0.6) is 0 Å². The molecule has 104 valence electrons. The van der Waals surface area contributed by atoms with Gasteiger partial charge in [-0.05, 0) is 18.9 Å². The van der Waals surface area contributed by atoms with E-state index in [-0.39, 0.29) is 0 Å². The van der Waals surface area contributed by atoms with Crippen LogP contribution in [0.15, 0.2) is 0 Å². The molecule has 6 nitrogen and oxygen atoms in total. The number of carboxylic acids is 1. The molecule has 3 N–H and O–H groups in total. The molecule has 1 unspecified atom stereocenters. The lowest BCUT2D eigenvalue weighted by Crippen LogP contribution is -2.41. The smallest absolute Gasteiger partial charge is 0.341 e. The minimum atomic E-state index is -0.846. The average Bonchev–Trinajstić information content (AvgIpc) is 2.71. The summed E-state index contributed by atoms with van der Waals surface area (Å²) >= 11 is 1.34. The van der Waals surface area contributed by atoms with Crippen molar-refractivity contribution in [2.75, 3.05) is 19.4 Å². The summed E-state index contributed by atoms with van der Waals surface area (Å²) in [6.45, 7) is 2.76. The Morgan fingerprint density at radius 1 is 1.53 bits per heavy atom. The Balaban J connectivity index is 2.28. The quantitative estimate of drug-likeness (QED) is 0.803. The highest BCUT2D eigenvalue weighted by Gasteiger charge is 2.30. The zero-order chi connectivity index (χ0) is 14.2. The molecule has 7 heteroatoms. The summed E-state index contributed by atoms with van der Waals surface area (Å²) < 4.78 is 4.73. The van der Waals surface area contributed by atoms with E-state index in [0.29, 0.717) is 30.1 Å². The fourth-order valence-corrected chi connectivity index (χ4v) is 3.39. The lowest BCUT2D eigenvalue weighted by Gasteiger charge is -2.30. The predicted molar refractivity (Wildman–Crippen MR) is 71.3 cm³/mol. The van der Waals surface area contributed by atoms with Crippen LogP contribution in [0.1, 0.15) is 27.7 Å². The molecular weight excluding hydrogens is 268 g/mol. The molecule has 2 heterocycles. The number of carbonyl (C=O) groups is 2. The number of nitrogens with zero attached hydrogens (tertiary/aromatic N) is 1. The Bertz CT molecular complexity index is 526. The number of ether oxygens (including phenoxy) is 1. The Morgan fingerprint density at radius 2 is 2.21 bits per heavy atom. The van der Waals surface area contributed by atoms with Gasteiger partial charge in [-0.3, -0.25) is 9.69 Å². The number of hydrogen-bond donors (Lipinski definition) is 2. The van der Waals surface area contributed by atoms with E-state index in [1.54, 1.807) is 6.92 Å². The molecule has 1 aliphatic rings. The van der Waals surface area contributed by atoms with Crippen molar-refractivity contribution in [3.05, 3.63) is 16.0 Å². The maximum absolute atomic E-state index is 11.7. The van der Waals surface area contributed by atoms with Crippen LogP contribution in [0.2, 0.25) is 0 Å². The van der Waals surface area contributed by atoms with Gasteiger partial charge in [-0.1, -0.05) is 0 Å². The SMILES string of the molecule is COC(=O)c1c(N)sc2c1CCN(C(C)C(=O)O)C2. The van der Waals surface area contributed by atoms with Gasteiger partial charge in [-0.25, -0.2) is 4.79 Å². The number of nitrogens with two attached hydrogens (primary N) is 1. The number of carbonyl (C=O) groups excluding carboxylic acids is 1. The van der Waals surface area contributed by atoms with Crippen LogP contribution in [0, 0.1) is 0 Å². The molecule has 0 amide bonds. The van der Waals surface area contributed by atoms with Crippen molar-refractivity contribution in [3.8, 4) is 0 Å². The fraction of sp³-hybridized carbons (Fsp3) is 0.500. The third-order valence-electron chi connectivity index (χ3n) is 3.41. The summed E-state index contributed by atoms with van der Waals surface area (Å²) in [6.07, 6.45) is 0.616. The molecule has 0 saturated heterocycles. The van der Waals surface area contributed by atoms with E-state index < -0.39 is 18.0 Å². The van der Waals surface area contributed by atoms with Gasteiger partial charge in [0, 0.05) is 18.0 Å². The maximum atomic E-state index is 11.7. The van der Waals surface area contributed by atoms with Crippen LogP contribution < -0.4 is 5.73 Å². The number of carboxylic acid groups (broad SMARTS) is 1.